The fourth-order valence-electron chi connectivity index (χ4n) is 3.54. The average molecular weight is 480 g/mol. The number of amides is 1. The molecule has 0 atom stereocenters. The van der Waals surface area contributed by atoms with E-state index >= 15 is 0 Å². The average Bonchev–Trinajstić information content (AvgIpc) is 3.48. The molecule has 0 aliphatic carbocycles. The van der Waals surface area contributed by atoms with Crippen LogP contribution < -0.4 is 11.1 Å². The van der Waals surface area contributed by atoms with Gasteiger partial charge in [-0.1, -0.05) is 13.0 Å². The Labute approximate surface area is 192 Å². The number of aromatic nitrogens is 3. The minimum Gasteiger partial charge on any atom is -0.396 e. The summed E-state index contributed by atoms with van der Waals surface area (Å²) < 4.78 is 42.4. The van der Waals surface area contributed by atoms with Crippen molar-refractivity contribution in [3.05, 3.63) is 52.1 Å². The van der Waals surface area contributed by atoms with Crippen LogP contribution in [-0.4, -0.2) is 45.6 Å². The zero-order chi connectivity index (χ0) is 23.6. The smallest absolute Gasteiger partial charge is 0.275 e. The SMILES string of the molecule is CCC1(CO)COC(c2c(NC(=O)c3cscn3)c(-c3c(F)cccc3F)nn2CN)OC1. The maximum atomic E-state index is 14.7. The minimum atomic E-state index is -1.04. The highest BCUT2D eigenvalue weighted by Gasteiger charge is 2.39. The van der Waals surface area contributed by atoms with Crippen LogP contribution in [0.2, 0.25) is 0 Å². The van der Waals surface area contributed by atoms with Crippen LogP contribution in [0.5, 0.6) is 0 Å². The Bertz CT molecular complexity index is 1100. The van der Waals surface area contributed by atoms with Gasteiger partial charge < -0.3 is 25.6 Å². The zero-order valence-electron chi connectivity index (χ0n) is 17.8. The molecular formula is C21H23F2N5O4S. The first-order valence-corrected chi connectivity index (χ1v) is 11.2. The summed E-state index contributed by atoms with van der Waals surface area (Å²) in [6.45, 7) is 1.94. The summed E-state index contributed by atoms with van der Waals surface area (Å²) in [6.07, 6.45) is -0.424. The number of hydrogen-bond acceptors (Lipinski definition) is 8. The Hall–Kier alpha value is -2.77. The lowest BCUT2D eigenvalue weighted by Gasteiger charge is -2.38. The molecule has 176 valence electrons. The predicted molar refractivity (Wildman–Crippen MR) is 116 cm³/mol. The number of halogens is 2. The number of rotatable bonds is 7. The lowest BCUT2D eigenvalue weighted by molar-refractivity contribution is -0.244. The van der Waals surface area contributed by atoms with E-state index in [4.69, 9.17) is 15.2 Å². The van der Waals surface area contributed by atoms with Crippen molar-refractivity contribution in [3.8, 4) is 11.3 Å². The van der Waals surface area contributed by atoms with E-state index in [-0.39, 0.29) is 49.3 Å². The van der Waals surface area contributed by atoms with Crippen molar-refractivity contribution in [1.29, 1.82) is 0 Å². The van der Waals surface area contributed by atoms with Crippen molar-refractivity contribution in [2.24, 2.45) is 11.1 Å². The van der Waals surface area contributed by atoms with Crippen molar-refractivity contribution in [2.45, 2.75) is 26.3 Å². The highest BCUT2D eigenvalue weighted by molar-refractivity contribution is 7.07. The molecule has 4 rings (SSSR count). The standard InChI is InChI=1S/C21H23F2N5O4S/c1-2-21(7-29)8-31-20(32-9-21)18-17(26-19(30)14-6-33-11-25-14)16(27-28(18)10-24)15-12(22)4-3-5-13(15)23/h3-6,11,20,29H,2,7-10,24H2,1H3,(H,26,30). The lowest BCUT2D eigenvalue weighted by Crippen LogP contribution is -2.41. The molecule has 0 unspecified atom stereocenters. The van der Waals surface area contributed by atoms with Gasteiger partial charge in [-0.05, 0) is 18.6 Å². The number of nitrogens with one attached hydrogen (secondary N) is 1. The normalized spacial score (nSPS) is 20.7. The number of thiazole rings is 1. The molecular weight excluding hydrogens is 456 g/mol. The summed E-state index contributed by atoms with van der Waals surface area (Å²) in [6, 6.07) is 3.42. The van der Waals surface area contributed by atoms with Crippen LogP contribution in [0, 0.1) is 17.0 Å². The van der Waals surface area contributed by atoms with Crippen molar-refractivity contribution in [2.75, 3.05) is 25.1 Å². The highest BCUT2D eigenvalue weighted by Crippen LogP contribution is 2.41. The van der Waals surface area contributed by atoms with E-state index < -0.39 is 34.8 Å². The Balaban J connectivity index is 1.81. The molecule has 1 fully saturated rings. The molecule has 0 saturated carbocycles. The Morgan fingerprint density at radius 3 is 2.61 bits per heavy atom. The third-order valence-corrected chi connectivity index (χ3v) is 6.24. The second-order valence-electron chi connectivity index (χ2n) is 7.68. The molecule has 12 heteroatoms. The fraction of sp³-hybridized carbons (Fsp3) is 0.381. The second-order valence-corrected chi connectivity index (χ2v) is 8.40. The van der Waals surface area contributed by atoms with E-state index in [2.05, 4.69) is 15.4 Å². The van der Waals surface area contributed by atoms with E-state index in [1.807, 2.05) is 6.92 Å². The van der Waals surface area contributed by atoms with Gasteiger partial charge in [-0.3, -0.25) is 4.79 Å². The molecule has 33 heavy (non-hydrogen) atoms. The van der Waals surface area contributed by atoms with Gasteiger partial charge in [0, 0.05) is 10.8 Å². The molecule has 1 aliphatic rings. The summed E-state index contributed by atoms with van der Waals surface area (Å²) in [5.74, 6) is -2.31. The van der Waals surface area contributed by atoms with Crippen molar-refractivity contribution in [3.63, 3.8) is 0 Å². The maximum Gasteiger partial charge on any atom is 0.275 e. The van der Waals surface area contributed by atoms with Crippen LogP contribution in [0.15, 0.2) is 29.1 Å². The number of benzene rings is 1. The summed E-state index contributed by atoms with van der Waals surface area (Å²) in [5.41, 5.74) is 6.52. The third kappa shape index (κ3) is 4.39. The first kappa shape index (κ1) is 23.4. The van der Waals surface area contributed by atoms with E-state index in [1.54, 1.807) is 0 Å². The van der Waals surface area contributed by atoms with Gasteiger partial charge in [-0.2, -0.15) is 5.10 Å². The zero-order valence-corrected chi connectivity index (χ0v) is 18.6. The van der Waals surface area contributed by atoms with E-state index in [0.717, 1.165) is 12.1 Å². The quantitative estimate of drug-likeness (QED) is 0.476. The van der Waals surface area contributed by atoms with Gasteiger partial charge >= 0.3 is 0 Å². The predicted octanol–water partition coefficient (Wildman–Crippen LogP) is 2.89. The van der Waals surface area contributed by atoms with Gasteiger partial charge in [0.15, 0.2) is 0 Å². The fourth-order valence-corrected chi connectivity index (χ4v) is 4.07. The number of nitrogens with zero attached hydrogens (tertiary/aromatic N) is 3. The van der Waals surface area contributed by atoms with E-state index in [9.17, 15) is 18.7 Å². The second kappa shape index (κ2) is 9.61. The first-order valence-electron chi connectivity index (χ1n) is 10.2. The van der Waals surface area contributed by atoms with Crippen LogP contribution in [0.3, 0.4) is 0 Å². The summed E-state index contributed by atoms with van der Waals surface area (Å²) in [5, 5.41) is 18.2. The van der Waals surface area contributed by atoms with Gasteiger partial charge in [-0.15, -0.1) is 11.3 Å². The Morgan fingerprint density at radius 2 is 2.06 bits per heavy atom. The van der Waals surface area contributed by atoms with Gasteiger partial charge in [0.25, 0.3) is 5.91 Å². The number of ether oxygens (including phenoxy) is 2. The molecule has 1 aliphatic heterocycles. The number of carbonyl (C=O) groups excluding carboxylic acids is 1. The van der Waals surface area contributed by atoms with Crippen LogP contribution >= 0.6 is 11.3 Å². The monoisotopic (exact) mass is 479 g/mol. The van der Waals surface area contributed by atoms with E-state index in [1.165, 1.54) is 33.0 Å². The summed E-state index contributed by atoms with van der Waals surface area (Å²) in [7, 11) is 0. The van der Waals surface area contributed by atoms with Gasteiger partial charge in [0.1, 0.15) is 28.7 Å². The van der Waals surface area contributed by atoms with Gasteiger partial charge in [0.05, 0.1) is 43.3 Å². The Morgan fingerprint density at radius 1 is 1.36 bits per heavy atom. The number of carbonyl (C=O) groups is 1. The lowest BCUT2D eigenvalue weighted by atomic mass is 9.87. The number of anilines is 1. The van der Waals surface area contributed by atoms with Crippen LogP contribution in [0.25, 0.3) is 11.3 Å². The van der Waals surface area contributed by atoms with Crippen molar-refractivity contribution < 1.29 is 28.2 Å². The molecule has 3 heterocycles. The highest BCUT2D eigenvalue weighted by atomic mass is 32.1. The number of nitrogens with two attached hydrogens (primary N) is 1. The van der Waals surface area contributed by atoms with Crippen LogP contribution in [0.1, 0.15) is 35.8 Å². The molecule has 1 aromatic carbocycles. The largest absolute Gasteiger partial charge is 0.396 e. The molecule has 0 bridgehead atoms. The number of aliphatic hydroxyl groups is 1. The topological polar surface area (TPSA) is 125 Å². The molecule has 2 aromatic heterocycles. The molecule has 3 aromatic rings. The minimum absolute atomic E-state index is 0.000414. The summed E-state index contributed by atoms with van der Waals surface area (Å²) in [4.78, 5) is 16.8. The van der Waals surface area contributed by atoms with Crippen LogP contribution in [0.4, 0.5) is 14.5 Å². The molecule has 1 amide bonds. The first-order chi connectivity index (χ1) is 15.9. The van der Waals surface area contributed by atoms with Crippen LogP contribution in [-0.2, 0) is 16.1 Å². The summed E-state index contributed by atoms with van der Waals surface area (Å²) >= 11 is 1.22. The van der Waals surface area contributed by atoms with Gasteiger partial charge in [0.2, 0.25) is 6.29 Å². The number of aliphatic hydroxyl groups excluding tert-OH is 1. The van der Waals surface area contributed by atoms with Gasteiger partial charge in [-0.25, -0.2) is 18.4 Å². The molecule has 0 radical (unpaired) electrons. The molecule has 4 N–H and O–H groups in total. The third-order valence-electron chi connectivity index (χ3n) is 5.66. The van der Waals surface area contributed by atoms with E-state index in [0.29, 0.717) is 6.42 Å². The number of hydrogen-bond donors (Lipinski definition) is 3. The Kier molecular flexibility index (Phi) is 6.81. The van der Waals surface area contributed by atoms with Crippen molar-refractivity contribution >= 4 is 22.9 Å². The molecule has 0 spiro atoms. The molecule has 1 saturated heterocycles. The van der Waals surface area contributed by atoms with Crippen molar-refractivity contribution in [1.82, 2.24) is 14.8 Å². The maximum absolute atomic E-state index is 14.7. The molecule has 9 nitrogen and oxygen atoms in total.